The molecule has 0 unspecified atom stereocenters. The van der Waals surface area contributed by atoms with Crippen molar-refractivity contribution in [2.75, 3.05) is 11.9 Å². The maximum absolute atomic E-state index is 13.7. The fraction of sp³-hybridized carbons (Fsp3) is 0.154. The van der Waals surface area contributed by atoms with Gasteiger partial charge < -0.3 is 4.90 Å². The Balaban J connectivity index is 2.19. The molecule has 94 valence electrons. The number of benzene rings is 1. The Morgan fingerprint density at radius 2 is 2.00 bits per heavy atom. The van der Waals surface area contributed by atoms with Crippen molar-refractivity contribution in [2.24, 2.45) is 0 Å². The van der Waals surface area contributed by atoms with Crippen LogP contribution < -0.4 is 4.90 Å². The van der Waals surface area contributed by atoms with Crippen LogP contribution in [0.2, 0.25) is 0 Å². The molecule has 0 fully saturated rings. The quantitative estimate of drug-likeness (QED) is 0.793. The van der Waals surface area contributed by atoms with Crippen molar-refractivity contribution < 1.29 is 4.39 Å². The van der Waals surface area contributed by atoms with Crippen molar-refractivity contribution in [1.29, 1.82) is 0 Å². The van der Waals surface area contributed by atoms with E-state index in [-0.39, 0.29) is 5.82 Å². The van der Waals surface area contributed by atoms with Crippen molar-refractivity contribution in [2.45, 2.75) is 6.54 Å². The zero-order valence-corrected chi connectivity index (χ0v) is 12.9. The average molecular weight is 374 g/mol. The largest absolute Gasteiger partial charge is 0.353 e. The standard InChI is InChI=1S/C13H11Br2FN2/c1-18(8-9-3-2-4-10(14)5-9)13-12(16)6-11(15)7-17-13/h2-7H,8H2,1H3. The first-order valence-electron chi connectivity index (χ1n) is 5.33. The summed E-state index contributed by atoms with van der Waals surface area (Å²) in [6.45, 7) is 0.602. The SMILES string of the molecule is CN(Cc1cccc(Br)c1)c1ncc(Br)cc1F. The lowest BCUT2D eigenvalue weighted by molar-refractivity contribution is 0.613. The Morgan fingerprint density at radius 3 is 2.67 bits per heavy atom. The van der Waals surface area contributed by atoms with E-state index < -0.39 is 0 Å². The second-order valence-electron chi connectivity index (χ2n) is 3.94. The molecule has 0 bridgehead atoms. The van der Waals surface area contributed by atoms with Gasteiger partial charge in [0.15, 0.2) is 11.6 Å². The molecular formula is C13H11Br2FN2. The third-order valence-corrected chi connectivity index (χ3v) is 3.39. The molecule has 2 nitrogen and oxygen atoms in total. The maximum atomic E-state index is 13.7. The van der Waals surface area contributed by atoms with Crippen molar-refractivity contribution in [3.05, 3.63) is 56.9 Å². The topological polar surface area (TPSA) is 16.1 Å². The first kappa shape index (κ1) is 13.5. The van der Waals surface area contributed by atoms with E-state index in [4.69, 9.17) is 0 Å². The van der Waals surface area contributed by atoms with Crippen LogP contribution >= 0.6 is 31.9 Å². The molecule has 1 aromatic heterocycles. The maximum Gasteiger partial charge on any atom is 0.166 e. The summed E-state index contributed by atoms with van der Waals surface area (Å²) in [5, 5.41) is 0. The number of pyridine rings is 1. The van der Waals surface area contributed by atoms with Gasteiger partial charge in [-0.1, -0.05) is 28.1 Å². The van der Waals surface area contributed by atoms with Gasteiger partial charge in [0.1, 0.15) is 0 Å². The van der Waals surface area contributed by atoms with Crippen LogP contribution in [0.5, 0.6) is 0 Å². The van der Waals surface area contributed by atoms with Gasteiger partial charge in [0.05, 0.1) is 0 Å². The number of aromatic nitrogens is 1. The Morgan fingerprint density at radius 1 is 1.22 bits per heavy atom. The Kier molecular flexibility index (Phi) is 4.35. The summed E-state index contributed by atoms with van der Waals surface area (Å²) in [4.78, 5) is 5.87. The molecule has 0 N–H and O–H groups in total. The summed E-state index contributed by atoms with van der Waals surface area (Å²) in [5.41, 5.74) is 1.09. The number of halogens is 3. The minimum atomic E-state index is -0.332. The molecule has 2 rings (SSSR count). The van der Waals surface area contributed by atoms with Gasteiger partial charge in [-0.25, -0.2) is 9.37 Å². The summed E-state index contributed by atoms with van der Waals surface area (Å²) in [5.74, 6) is 0.0139. The van der Waals surface area contributed by atoms with E-state index >= 15 is 0 Å². The highest BCUT2D eigenvalue weighted by molar-refractivity contribution is 9.10. The summed E-state index contributed by atoms with van der Waals surface area (Å²) in [7, 11) is 1.82. The van der Waals surface area contributed by atoms with E-state index in [2.05, 4.69) is 36.8 Å². The van der Waals surface area contributed by atoms with Crippen molar-refractivity contribution >= 4 is 37.7 Å². The fourth-order valence-corrected chi connectivity index (χ4v) is 2.42. The van der Waals surface area contributed by atoms with Crippen molar-refractivity contribution in [3.63, 3.8) is 0 Å². The second kappa shape index (κ2) is 5.80. The predicted octanol–water partition coefficient (Wildman–Crippen LogP) is 4.38. The molecule has 0 saturated heterocycles. The summed E-state index contributed by atoms with van der Waals surface area (Å²) < 4.78 is 15.4. The molecule has 2 aromatic rings. The number of nitrogens with zero attached hydrogens (tertiary/aromatic N) is 2. The summed E-state index contributed by atoms with van der Waals surface area (Å²) >= 11 is 6.61. The molecule has 0 amide bonds. The van der Waals surface area contributed by atoms with Gasteiger partial charge in [-0.15, -0.1) is 0 Å². The third kappa shape index (κ3) is 3.29. The van der Waals surface area contributed by atoms with E-state index in [1.54, 1.807) is 11.1 Å². The van der Waals surface area contributed by atoms with E-state index in [1.165, 1.54) is 6.07 Å². The zero-order valence-electron chi connectivity index (χ0n) is 9.70. The van der Waals surface area contributed by atoms with Crippen LogP contribution in [-0.2, 0) is 6.54 Å². The lowest BCUT2D eigenvalue weighted by atomic mass is 10.2. The monoisotopic (exact) mass is 372 g/mol. The Labute approximate surface area is 122 Å². The van der Waals surface area contributed by atoms with Crippen LogP contribution in [0.4, 0.5) is 10.2 Å². The lowest BCUT2D eigenvalue weighted by Gasteiger charge is -2.19. The van der Waals surface area contributed by atoms with Gasteiger partial charge in [0, 0.05) is 28.7 Å². The van der Waals surface area contributed by atoms with Crippen LogP contribution in [0.3, 0.4) is 0 Å². The highest BCUT2D eigenvalue weighted by atomic mass is 79.9. The molecule has 0 aliphatic heterocycles. The van der Waals surface area contributed by atoms with Gasteiger partial charge in [-0.3, -0.25) is 0 Å². The molecule has 1 heterocycles. The van der Waals surface area contributed by atoms with E-state index in [9.17, 15) is 4.39 Å². The van der Waals surface area contributed by atoms with Gasteiger partial charge in [0.25, 0.3) is 0 Å². The van der Waals surface area contributed by atoms with E-state index in [0.29, 0.717) is 16.8 Å². The van der Waals surface area contributed by atoms with Crippen molar-refractivity contribution in [1.82, 2.24) is 4.98 Å². The van der Waals surface area contributed by atoms with Crippen molar-refractivity contribution in [3.8, 4) is 0 Å². The van der Waals surface area contributed by atoms with Gasteiger partial charge >= 0.3 is 0 Å². The molecule has 5 heteroatoms. The fourth-order valence-electron chi connectivity index (χ4n) is 1.67. The molecule has 0 saturated carbocycles. The van der Waals surface area contributed by atoms with Crippen LogP contribution in [-0.4, -0.2) is 12.0 Å². The van der Waals surface area contributed by atoms with Gasteiger partial charge in [0.2, 0.25) is 0 Å². The van der Waals surface area contributed by atoms with E-state index in [1.807, 2.05) is 31.3 Å². The van der Waals surface area contributed by atoms with E-state index in [0.717, 1.165) is 10.0 Å². The molecule has 0 aliphatic rings. The molecule has 18 heavy (non-hydrogen) atoms. The minimum absolute atomic E-state index is 0.332. The smallest absolute Gasteiger partial charge is 0.166 e. The van der Waals surface area contributed by atoms with Crippen LogP contribution in [0.25, 0.3) is 0 Å². The van der Waals surface area contributed by atoms with Crippen LogP contribution in [0, 0.1) is 5.82 Å². The first-order chi connectivity index (χ1) is 8.56. The second-order valence-corrected chi connectivity index (χ2v) is 5.78. The first-order valence-corrected chi connectivity index (χ1v) is 6.91. The molecule has 0 radical (unpaired) electrons. The van der Waals surface area contributed by atoms with Crippen LogP contribution in [0.1, 0.15) is 5.56 Å². The molecule has 0 spiro atoms. The summed E-state index contributed by atoms with van der Waals surface area (Å²) in [6.07, 6.45) is 1.59. The number of rotatable bonds is 3. The molecule has 0 aliphatic carbocycles. The minimum Gasteiger partial charge on any atom is -0.353 e. The third-order valence-electron chi connectivity index (χ3n) is 2.46. The lowest BCUT2D eigenvalue weighted by Crippen LogP contribution is -2.19. The summed E-state index contributed by atoms with van der Waals surface area (Å²) in [6, 6.07) is 9.34. The molecule has 1 aromatic carbocycles. The van der Waals surface area contributed by atoms with Gasteiger partial charge in [-0.05, 0) is 39.7 Å². The number of anilines is 1. The Bertz CT molecular complexity index is 560. The highest BCUT2D eigenvalue weighted by Gasteiger charge is 2.10. The van der Waals surface area contributed by atoms with Gasteiger partial charge in [-0.2, -0.15) is 0 Å². The molecule has 0 atom stereocenters. The Hall–Kier alpha value is -0.940. The normalized spacial score (nSPS) is 10.4. The van der Waals surface area contributed by atoms with Crippen LogP contribution in [0.15, 0.2) is 45.5 Å². The highest BCUT2D eigenvalue weighted by Crippen LogP contribution is 2.21. The zero-order chi connectivity index (χ0) is 13.1. The average Bonchev–Trinajstić information content (AvgIpc) is 2.28. The molecular weight excluding hydrogens is 363 g/mol. The number of hydrogen-bond donors (Lipinski definition) is 0. The predicted molar refractivity (Wildman–Crippen MR) is 78.1 cm³/mol. The number of hydrogen-bond acceptors (Lipinski definition) is 2.